The van der Waals surface area contributed by atoms with Crippen molar-refractivity contribution in [2.24, 2.45) is 0 Å². The first-order valence-corrected chi connectivity index (χ1v) is 6.78. The second-order valence-corrected chi connectivity index (χ2v) is 5.28. The van der Waals surface area contributed by atoms with Crippen molar-refractivity contribution in [3.05, 3.63) is 29.4 Å². The van der Waals surface area contributed by atoms with Gasteiger partial charge in [-0.3, -0.25) is 0 Å². The molecule has 0 radical (unpaired) electrons. The van der Waals surface area contributed by atoms with Crippen LogP contribution in [0, 0.1) is 0 Å². The van der Waals surface area contributed by atoms with E-state index in [-0.39, 0.29) is 5.95 Å². The number of nitrogens with two attached hydrogens (primary N) is 1. The molecule has 2 aromatic rings. The Labute approximate surface area is 119 Å². The van der Waals surface area contributed by atoms with Crippen LogP contribution >= 0.6 is 23.4 Å². The molecule has 19 heavy (non-hydrogen) atoms. The summed E-state index contributed by atoms with van der Waals surface area (Å²) < 4.78 is 11.0. The van der Waals surface area contributed by atoms with Gasteiger partial charge >= 0.3 is 0 Å². The van der Waals surface area contributed by atoms with E-state index in [0.29, 0.717) is 23.4 Å². The van der Waals surface area contributed by atoms with Gasteiger partial charge in [-0.15, -0.1) is 0 Å². The van der Waals surface area contributed by atoms with Crippen LogP contribution in [0.4, 0.5) is 5.95 Å². The molecule has 0 saturated heterocycles. The van der Waals surface area contributed by atoms with Gasteiger partial charge in [-0.2, -0.15) is 0 Å². The summed E-state index contributed by atoms with van der Waals surface area (Å²) in [5, 5.41) is 1.02. The lowest BCUT2D eigenvalue weighted by Gasteiger charge is -2.18. The maximum absolute atomic E-state index is 5.84. The molecular formula is C12H10ClN3O2S. The van der Waals surface area contributed by atoms with E-state index < -0.39 is 0 Å². The van der Waals surface area contributed by atoms with Crippen molar-refractivity contribution >= 4 is 29.3 Å². The van der Waals surface area contributed by atoms with Crippen molar-refractivity contribution in [2.45, 2.75) is 9.92 Å². The molecular weight excluding hydrogens is 286 g/mol. The first kappa shape index (κ1) is 12.4. The predicted octanol–water partition coefficient (Wildman–Crippen LogP) is 2.63. The molecule has 1 aromatic heterocycles. The summed E-state index contributed by atoms with van der Waals surface area (Å²) in [5.41, 5.74) is 5.56. The minimum Gasteiger partial charge on any atom is -0.486 e. The van der Waals surface area contributed by atoms with Crippen LogP contribution in [0.25, 0.3) is 0 Å². The molecule has 3 rings (SSSR count). The highest BCUT2D eigenvalue weighted by molar-refractivity contribution is 7.99. The molecule has 0 saturated carbocycles. The molecule has 0 amide bonds. The fourth-order valence-electron chi connectivity index (χ4n) is 1.67. The van der Waals surface area contributed by atoms with Crippen LogP contribution in [0.3, 0.4) is 0 Å². The third-order valence-corrected chi connectivity index (χ3v) is 3.53. The van der Waals surface area contributed by atoms with E-state index in [1.807, 2.05) is 18.2 Å². The fraction of sp³-hybridized carbons (Fsp3) is 0.167. The highest BCUT2D eigenvalue weighted by Crippen LogP contribution is 2.36. The molecule has 5 nitrogen and oxygen atoms in total. The Balaban J connectivity index is 1.86. The summed E-state index contributed by atoms with van der Waals surface area (Å²) in [5.74, 6) is 1.66. The average Bonchev–Trinajstić information content (AvgIpc) is 2.37. The first-order chi connectivity index (χ1) is 9.20. The Morgan fingerprint density at radius 3 is 2.68 bits per heavy atom. The standard InChI is InChI=1S/C12H10ClN3O2S/c13-10-6-11(16-12(14)15-10)19-7-1-2-8-9(5-7)18-4-3-17-8/h1-2,5-6H,3-4H2,(H2,14,15,16). The quantitative estimate of drug-likeness (QED) is 0.859. The summed E-state index contributed by atoms with van der Waals surface area (Å²) in [6, 6.07) is 7.39. The Kier molecular flexibility index (Phi) is 3.35. The van der Waals surface area contributed by atoms with E-state index in [4.69, 9.17) is 26.8 Å². The lowest BCUT2D eigenvalue weighted by molar-refractivity contribution is 0.171. The zero-order valence-corrected chi connectivity index (χ0v) is 11.4. The maximum atomic E-state index is 5.84. The zero-order chi connectivity index (χ0) is 13.2. The van der Waals surface area contributed by atoms with Crippen LogP contribution in [-0.4, -0.2) is 23.2 Å². The minimum atomic E-state index is 0.160. The van der Waals surface area contributed by atoms with E-state index in [0.717, 1.165) is 16.4 Å². The molecule has 1 aliphatic heterocycles. The number of rotatable bonds is 2. The Bertz CT molecular complexity index is 604. The molecule has 1 aromatic carbocycles. The second kappa shape index (κ2) is 5.14. The number of hydrogen-bond acceptors (Lipinski definition) is 6. The molecule has 0 aliphatic carbocycles. The summed E-state index contributed by atoms with van der Waals surface area (Å²) in [4.78, 5) is 8.91. The summed E-state index contributed by atoms with van der Waals surface area (Å²) in [6.07, 6.45) is 0. The van der Waals surface area contributed by atoms with Gasteiger partial charge in [0, 0.05) is 11.0 Å². The monoisotopic (exact) mass is 295 g/mol. The molecule has 0 atom stereocenters. The lowest BCUT2D eigenvalue weighted by atomic mass is 10.3. The molecule has 0 unspecified atom stereocenters. The molecule has 7 heteroatoms. The molecule has 2 N–H and O–H groups in total. The van der Waals surface area contributed by atoms with Crippen molar-refractivity contribution in [2.75, 3.05) is 18.9 Å². The van der Waals surface area contributed by atoms with E-state index in [1.54, 1.807) is 6.07 Å². The maximum Gasteiger partial charge on any atom is 0.222 e. The van der Waals surface area contributed by atoms with Crippen LogP contribution in [0.15, 0.2) is 34.2 Å². The van der Waals surface area contributed by atoms with Crippen LogP contribution in [-0.2, 0) is 0 Å². The zero-order valence-electron chi connectivity index (χ0n) is 9.80. The number of hydrogen-bond donors (Lipinski definition) is 1. The predicted molar refractivity (Wildman–Crippen MR) is 73.0 cm³/mol. The summed E-state index contributed by atoms with van der Waals surface area (Å²) in [6.45, 7) is 1.14. The normalized spacial score (nSPS) is 13.3. The Morgan fingerprint density at radius 1 is 1.11 bits per heavy atom. The van der Waals surface area contributed by atoms with Gasteiger partial charge in [-0.1, -0.05) is 23.4 Å². The number of ether oxygens (including phenoxy) is 2. The van der Waals surface area contributed by atoms with E-state index in [2.05, 4.69) is 9.97 Å². The van der Waals surface area contributed by atoms with Crippen molar-refractivity contribution in [3.63, 3.8) is 0 Å². The van der Waals surface area contributed by atoms with E-state index in [1.165, 1.54) is 11.8 Å². The van der Waals surface area contributed by atoms with Gasteiger partial charge in [0.2, 0.25) is 5.95 Å². The van der Waals surface area contributed by atoms with Gasteiger partial charge < -0.3 is 15.2 Å². The number of fused-ring (bicyclic) bond motifs is 1. The largest absolute Gasteiger partial charge is 0.486 e. The van der Waals surface area contributed by atoms with Gasteiger partial charge in [0.05, 0.1) is 0 Å². The second-order valence-electron chi connectivity index (χ2n) is 3.79. The fourth-order valence-corrected chi connectivity index (χ4v) is 2.78. The number of aromatic nitrogens is 2. The number of nitrogen functional groups attached to an aromatic ring is 1. The number of nitrogens with zero attached hydrogens (tertiary/aromatic N) is 2. The van der Waals surface area contributed by atoms with Crippen LogP contribution in [0.1, 0.15) is 0 Å². The van der Waals surface area contributed by atoms with Gasteiger partial charge in [0.25, 0.3) is 0 Å². The SMILES string of the molecule is Nc1nc(Cl)cc(Sc2ccc3c(c2)OCCO3)n1. The summed E-state index contributed by atoms with van der Waals surface area (Å²) >= 11 is 7.28. The number of halogens is 1. The molecule has 0 fully saturated rings. The lowest BCUT2D eigenvalue weighted by Crippen LogP contribution is -2.15. The average molecular weight is 296 g/mol. The highest BCUT2D eigenvalue weighted by atomic mass is 35.5. The first-order valence-electron chi connectivity index (χ1n) is 5.58. The van der Waals surface area contributed by atoms with Gasteiger partial charge in [-0.05, 0) is 18.2 Å². The third-order valence-electron chi connectivity index (χ3n) is 2.42. The van der Waals surface area contributed by atoms with Crippen molar-refractivity contribution < 1.29 is 9.47 Å². The number of anilines is 1. The van der Waals surface area contributed by atoms with E-state index >= 15 is 0 Å². The van der Waals surface area contributed by atoms with Crippen LogP contribution < -0.4 is 15.2 Å². The Hall–Kier alpha value is -1.66. The Morgan fingerprint density at radius 2 is 1.89 bits per heavy atom. The van der Waals surface area contributed by atoms with Gasteiger partial charge in [-0.25, -0.2) is 9.97 Å². The smallest absolute Gasteiger partial charge is 0.222 e. The minimum absolute atomic E-state index is 0.160. The highest BCUT2D eigenvalue weighted by Gasteiger charge is 2.12. The van der Waals surface area contributed by atoms with Gasteiger partial charge in [0.15, 0.2) is 11.5 Å². The molecule has 0 bridgehead atoms. The van der Waals surface area contributed by atoms with Crippen molar-refractivity contribution in [1.82, 2.24) is 9.97 Å². The molecule has 0 spiro atoms. The number of benzene rings is 1. The van der Waals surface area contributed by atoms with Crippen molar-refractivity contribution in [1.29, 1.82) is 0 Å². The molecule has 1 aliphatic rings. The molecule has 2 heterocycles. The van der Waals surface area contributed by atoms with Crippen LogP contribution in [0.2, 0.25) is 5.15 Å². The van der Waals surface area contributed by atoms with Crippen LogP contribution in [0.5, 0.6) is 11.5 Å². The summed E-state index contributed by atoms with van der Waals surface area (Å²) in [7, 11) is 0. The topological polar surface area (TPSA) is 70.3 Å². The van der Waals surface area contributed by atoms with Gasteiger partial charge in [0.1, 0.15) is 23.4 Å². The van der Waals surface area contributed by atoms with E-state index in [9.17, 15) is 0 Å². The molecule has 98 valence electrons. The third kappa shape index (κ3) is 2.85. The van der Waals surface area contributed by atoms with Crippen molar-refractivity contribution in [3.8, 4) is 11.5 Å².